The maximum atomic E-state index is 12.3. The van der Waals surface area contributed by atoms with Crippen LogP contribution in [0.4, 0.5) is 0 Å². The molecule has 1 rings (SSSR count). The van der Waals surface area contributed by atoms with Crippen molar-refractivity contribution in [3.63, 3.8) is 0 Å². The van der Waals surface area contributed by atoms with Crippen LogP contribution in [0.2, 0.25) is 0 Å². The summed E-state index contributed by atoms with van der Waals surface area (Å²) in [6, 6.07) is 0. The third-order valence-electron chi connectivity index (χ3n) is 2.94. The fraction of sp³-hybridized carbons (Fsp3) is 0.714. The van der Waals surface area contributed by atoms with Gasteiger partial charge in [-0.25, -0.2) is 4.79 Å². The van der Waals surface area contributed by atoms with Crippen LogP contribution < -0.4 is 0 Å². The number of carbonyl (C=O) groups excluding carboxylic acids is 2. The average molecular weight is 270 g/mol. The van der Waals surface area contributed by atoms with Gasteiger partial charge in [-0.1, -0.05) is 13.8 Å². The summed E-state index contributed by atoms with van der Waals surface area (Å²) in [6.07, 6.45) is -0.352. The first-order valence-electron chi connectivity index (χ1n) is 6.52. The quantitative estimate of drug-likeness (QED) is 0.691. The first-order chi connectivity index (χ1) is 8.92. The van der Waals surface area contributed by atoms with Crippen LogP contribution >= 0.6 is 0 Å². The highest BCUT2D eigenvalue weighted by Crippen LogP contribution is 2.34. The van der Waals surface area contributed by atoms with Gasteiger partial charge in [-0.15, -0.1) is 0 Å². The third-order valence-corrected chi connectivity index (χ3v) is 2.94. The van der Waals surface area contributed by atoms with Gasteiger partial charge in [0, 0.05) is 13.5 Å². The Balaban J connectivity index is 2.99. The lowest BCUT2D eigenvalue weighted by atomic mass is 9.90. The molecular weight excluding hydrogens is 248 g/mol. The number of Topliss-reactive ketones (excluding diaryl/α,β-unsaturated/α-hetero) is 1. The van der Waals surface area contributed by atoms with Crippen molar-refractivity contribution in [2.24, 2.45) is 11.8 Å². The monoisotopic (exact) mass is 270 g/mol. The molecule has 0 spiro atoms. The van der Waals surface area contributed by atoms with Gasteiger partial charge in [0.1, 0.15) is 17.5 Å². The van der Waals surface area contributed by atoms with Crippen molar-refractivity contribution in [2.75, 3.05) is 13.7 Å². The Hall–Kier alpha value is -1.36. The molecule has 0 aromatic heterocycles. The van der Waals surface area contributed by atoms with Crippen LogP contribution in [0.15, 0.2) is 11.3 Å². The van der Waals surface area contributed by atoms with Gasteiger partial charge in [-0.05, 0) is 19.8 Å². The van der Waals surface area contributed by atoms with E-state index in [-0.39, 0.29) is 18.3 Å². The van der Waals surface area contributed by atoms with Crippen molar-refractivity contribution in [3.8, 4) is 0 Å². The molecule has 5 heteroatoms. The minimum Gasteiger partial charge on any atom is -0.468 e. The number of esters is 1. The molecule has 2 atom stereocenters. The van der Waals surface area contributed by atoms with E-state index in [2.05, 4.69) is 0 Å². The molecule has 19 heavy (non-hydrogen) atoms. The van der Waals surface area contributed by atoms with E-state index in [0.717, 1.165) is 0 Å². The molecule has 0 bridgehead atoms. The molecule has 0 aromatic carbocycles. The SMILES string of the molecule is CCOC(=O)C1=C(C)OC(OC)C1C(=O)CC(C)C. The van der Waals surface area contributed by atoms with Gasteiger partial charge in [0.2, 0.25) is 6.29 Å². The van der Waals surface area contributed by atoms with E-state index < -0.39 is 18.2 Å². The maximum absolute atomic E-state index is 12.3. The van der Waals surface area contributed by atoms with Crippen molar-refractivity contribution in [1.29, 1.82) is 0 Å². The number of hydrogen-bond acceptors (Lipinski definition) is 5. The first kappa shape index (κ1) is 15.7. The Morgan fingerprint density at radius 3 is 2.47 bits per heavy atom. The second kappa shape index (κ2) is 6.70. The minimum absolute atomic E-state index is 0.0539. The van der Waals surface area contributed by atoms with Gasteiger partial charge < -0.3 is 14.2 Å². The Bertz CT molecular complexity index is 383. The Kier molecular flexibility index (Phi) is 5.54. The second-order valence-electron chi connectivity index (χ2n) is 4.95. The van der Waals surface area contributed by atoms with Gasteiger partial charge in [0.15, 0.2) is 0 Å². The molecule has 0 saturated carbocycles. The van der Waals surface area contributed by atoms with Crippen LogP contribution in [0.3, 0.4) is 0 Å². The van der Waals surface area contributed by atoms with Crippen molar-refractivity contribution < 1.29 is 23.8 Å². The lowest BCUT2D eigenvalue weighted by Gasteiger charge is -2.19. The summed E-state index contributed by atoms with van der Waals surface area (Å²) >= 11 is 0. The fourth-order valence-electron chi connectivity index (χ4n) is 2.17. The number of rotatable bonds is 6. The van der Waals surface area contributed by atoms with Gasteiger partial charge in [0.25, 0.3) is 0 Å². The number of ketones is 1. The van der Waals surface area contributed by atoms with E-state index in [4.69, 9.17) is 14.2 Å². The van der Waals surface area contributed by atoms with Crippen LogP contribution in [0.5, 0.6) is 0 Å². The summed E-state index contributed by atoms with van der Waals surface area (Å²) in [5, 5.41) is 0. The molecule has 0 fully saturated rings. The van der Waals surface area contributed by atoms with E-state index in [1.807, 2.05) is 13.8 Å². The highest BCUT2D eigenvalue weighted by atomic mass is 16.7. The normalized spacial score (nSPS) is 22.6. The lowest BCUT2D eigenvalue weighted by molar-refractivity contribution is -0.146. The molecule has 1 aliphatic rings. The van der Waals surface area contributed by atoms with Crippen LogP contribution in [0.1, 0.15) is 34.1 Å². The molecule has 0 aromatic rings. The third kappa shape index (κ3) is 3.56. The summed E-state index contributed by atoms with van der Waals surface area (Å²) in [5.41, 5.74) is 0.291. The van der Waals surface area contributed by atoms with E-state index in [0.29, 0.717) is 17.8 Å². The zero-order valence-corrected chi connectivity index (χ0v) is 12.2. The van der Waals surface area contributed by atoms with Crippen molar-refractivity contribution in [1.82, 2.24) is 0 Å². The van der Waals surface area contributed by atoms with Gasteiger partial charge in [-0.2, -0.15) is 0 Å². The smallest absolute Gasteiger partial charge is 0.338 e. The predicted octanol–water partition coefficient (Wildman–Crippen LogP) is 2.06. The zero-order chi connectivity index (χ0) is 14.6. The highest BCUT2D eigenvalue weighted by Gasteiger charge is 2.44. The number of ether oxygens (including phenoxy) is 3. The van der Waals surface area contributed by atoms with Crippen LogP contribution in [0, 0.1) is 11.8 Å². The molecule has 0 saturated heterocycles. The minimum atomic E-state index is -0.731. The predicted molar refractivity (Wildman–Crippen MR) is 69.2 cm³/mol. The lowest BCUT2D eigenvalue weighted by Crippen LogP contribution is -2.32. The van der Waals surface area contributed by atoms with Gasteiger partial charge in [-0.3, -0.25) is 4.79 Å². The largest absolute Gasteiger partial charge is 0.468 e. The standard InChI is InChI=1S/C14H22O5/c1-6-18-13(16)11-9(4)19-14(17-5)12(11)10(15)7-8(2)3/h8,12,14H,6-7H2,1-5H3. The Morgan fingerprint density at radius 1 is 1.37 bits per heavy atom. The Morgan fingerprint density at radius 2 is 2.00 bits per heavy atom. The van der Waals surface area contributed by atoms with E-state index in [1.165, 1.54) is 7.11 Å². The van der Waals surface area contributed by atoms with E-state index in [1.54, 1.807) is 13.8 Å². The summed E-state index contributed by atoms with van der Waals surface area (Å²) in [4.78, 5) is 24.2. The molecule has 108 valence electrons. The summed E-state index contributed by atoms with van der Waals surface area (Å²) in [6.45, 7) is 7.55. The van der Waals surface area contributed by atoms with Crippen LogP contribution in [-0.4, -0.2) is 31.8 Å². The molecule has 1 heterocycles. The van der Waals surface area contributed by atoms with Crippen molar-refractivity contribution >= 4 is 11.8 Å². The summed E-state index contributed by atoms with van der Waals surface area (Å²) in [7, 11) is 1.46. The maximum Gasteiger partial charge on any atom is 0.338 e. The Labute approximate surface area is 113 Å². The number of carbonyl (C=O) groups is 2. The molecule has 5 nitrogen and oxygen atoms in total. The molecule has 1 aliphatic heterocycles. The molecule has 2 unspecified atom stereocenters. The van der Waals surface area contributed by atoms with Gasteiger partial charge >= 0.3 is 5.97 Å². The molecule has 0 radical (unpaired) electrons. The van der Waals surface area contributed by atoms with E-state index >= 15 is 0 Å². The number of methoxy groups -OCH3 is 1. The van der Waals surface area contributed by atoms with Crippen LogP contribution in [-0.2, 0) is 23.8 Å². The first-order valence-corrected chi connectivity index (χ1v) is 6.52. The fourth-order valence-corrected chi connectivity index (χ4v) is 2.17. The average Bonchev–Trinajstić information content (AvgIpc) is 2.65. The molecular formula is C14H22O5. The highest BCUT2D eigenvalue weighted by molar-refractivity contribution is 5.99. The summed E-state index contributed by atoms with van der Waals surface area (Å²) < 4.78 is 15.6. The topological polar surface area (TPSA) is 61.8 Å². The number of allylic oxidation sites excluding steroid dienone is 1. The second-order valence-corrected chi connectivity index (χ2v) is 4.95. The zero-order valence-electron chi connectivity index (χ0n) is 12.2. The van der Waals surface area contributed by atoms with Crippen molar-refractivity contribution in [3.05, 3.63) is 11.3 Å². The van der Waals surface area contributed by atoms with E-state index in [9.17, 15) is 9.59 Å². The molecule has 0 N–H and O–H groups in total. The van der Waals surface area contributed by atoms with Crippen LogP contribution in [0.25, 0.3) is 0 Å². The number of hydrogen-bond donors (Lipinski definition) is 0. The van der Waals surface area contributed by atoms with Crippen molar-refractivity contribution in [2.45, 2.75) is 40.4 Å². The molecule has 0 aliphatic carbocycles. The summed E-state index contributed by atoms with van der Waals surface area (Å²) in [5.74, 6) is -0.614. The molecule has 0 amide bonds. The van der Waals surface area contributed by atoms with Gasteiger partial charge in [0.05, 0.1) is 12.2 Å².